The van der Waals surface area contributed by atoms with Crippen molar-refractivity contribution in [1.29, 1.82) is 0 Å². The molecule has 6 nitrogen and oxygen atoms in total. The fourth-order valence-corrected chi connectivity index (χ4v) is 10.7. The number of benzene rings is 10. The van der Waals surface area contributed by atoms with Crippen molar-refractivity contribution in [3.63, 3.8) is 0 Å². The number of para-hydroxylation sites is 4. The highest BCUT2D eigenvalue weighted by Crippen LogP contribution is 2.43. The Kier molecular flexibility index (Phi) is 8.79. The second-order valence-electron chi connectivity index (χ2n) is 17.6. The highest BCUT2D eigenvalue weighted by molar-refractivity contribution is 6.24. The van der Waals surface area contributed by atoms with Crippen LogP contribution in [-0.4, -0.2) is 28.7 Å². The van der Waals surface area contributed by atoms with Crippen LogP contribution in [0.4, 0.5) is 0 Å². The van der Waals surface area contributed by atoms with E-state index < -0.39 is 0 Å². The third-order valence-electron chi connectivity index (χ3n) is 13.7. The third kappa shape index (κ3) is 6.16. The zero-order valence-electron chi connectivity index (χ0n) is 37.3. The van der Waals surface area contributed by atoms with Crippen molar-refractivity contribution in [3.8, 4) is 62.4 Å². The quantitative estimate of drug-likeness (QED) is 0.160. The van der Waals surface area contributed by atoms with Crippen LogP contribution >= 0.6 is 0 Å². The van der Waals surface area contributed by atoms with E-state index in [0.29, 0.717) is 17.6 Å². The first kappa shape index (κ1) is 38.8. The SMILES string of the molecule is c1ccc(-c2nc(-c3ccc4c(c3)c3ccccc3n4-c3ccccc3)nc(-n3c4ccccc4c4ccc5c6ccccc6n(-c6ccc(-c7ccccc7)c(-c7ccccc7)c6)c5c43)n2)cc1. The van der Waals surface area contributed by atoms with Crippen molar-refractivity contribution in [2.45, 2.75) is 0 Å². The zero-order chi connectivity index (χ0) is 45.4. The maximum Gasteiger partial charge on any atom is 0.238 e. The van der Waals surface area contributed by atoms with Crippen molar-refractivity contribution >= 4 is 65.4 Å². The van der Waals surface area contributed by atoms with Crippen molar-refractivity contribution in [3.05, 3.63) is 243 Å². The molecule has 0 amide bonds. The molecule has 0 unspecified atom stereocenters. The Morgan fingerprint density at radius 1 is 0.246 bits per heavy atom. The molecule has 14 aromatic rings. The van der Waals surface area contributed by atoms with Gasteiger partial charge in [-0.2, -0.15) is 9.97 Å². The lowest BCUT2D eigenvalue weighted by Gasteiger charge is -2.16. The lowest BCUT2D eigenvalue weighted by Crippen LogP contribution is -2.07. The fraction of sp³-hybridized carbons (Fsp3) is 0. The van der Waals surface area contributed by atoms with Crippen LogP contribution in [0.25, 0.3) is 128 Å². The zero-order valence-corrected chi connectivity index (χ0v) is 37.3. The molecule has 0 aliphatic rings. The minimum absolute atomic E-state index is 0.547. The van der Waals surface area contributed by atoms with Crippen LogP contribution in [0.1, 0.15) is 0 Å². The second kappa shape index (κ2) is 15.6. The summed E-state index contributed by atoms with van der Waals surface area (Å²) in [6, 6.07) is 86.3. The minimum Gasteiger partial charge on any atom is -0.309 e. The normalized spacial score (nSPS) is 11.8. The Morgan fingerprint density at radius 2 is 0.710 bits per heavy atom. The smallest absolute Gasteiger partial charge is 0.238 e. The Labute approximate surface area is 397 Å². The van der Waals surface area contributed by atoms with E-state index in [1.165, 1.54) is 21.9 Å². The Morgan fingerprint density at radius 3 is 1.33 bits per heavy atom. The molecule has 0 aliphatic heterocycles. The molecule has 322 valence electrons. The molecule has 69 heavy (non-hydrogen) atoms. The predicted octanol–water partition coefficient (Wildman–Crippen LogP) is 15.8. The highest BCUT2D eigenvalue weighted by atomic mass is 15.2. The van der Waals surface area contributed by atoms with E-state index in [4.69, 9.17) is 15.0 Å². The predicted molar refractivity (Wildman–Crippen MR) is 285 cm³/mol. The van der Waals surface area contributed by atoms with Crippen LogP contribution in [0, 0.1) is 0 Å². The molecule has 0 spiro atoms. The van der Waals surface area contributed by atoms with Crippen LogP contribution in [0.15, 0.2) is 243 Å². The van der Waals surface area contributed by atoms with E-state index >= 15 is 0 Å². The van der Waals surface area contributed by atoms with Gasteiger partial charge in [-0.1, -0.05) is 182 Å². The number of hydrogen-bond donors (Lipinski definition) is 0. The molecule has 6 heteroatoms. The largest absolute Gasteiger partial charge is 0.309 e. The van der Waals surface area contributed by atoms with Crippen LogP contribution in [0.5, 0.6) is 0 Å². The number of rotatable bonds is 7. The lowest BCUT2D eigenvalue weighted by atomic mass is 9.94. The lowest BCUT2D eigenvalue weighted by molar-refractivity contribution is 0.953. The molecule has 4 aromatic heterocycles. The molecule has 0 aliphatic carbocycles. The van der Waals surface area contributed by atoms with E-state index in [1.807, 2.05) is 18.2 Å². The van der Waals surface area contributed by atoms with Crippen molar-refractivity contribution in [2.24, 2.45) is 0 Å². The Bertz CT molecular complexity index is 4280. The van der Waals surface area contributed by atoms with Gasteiger partial charge in [-0.25, -0.2) is 4.98 Å². The van der Waals surface area contributed by atoms with Crippen LogP contribution in [0.2, 0.25) is 0 Å². The topological polar surface area (TPSA) is 53.5 Å². The molecule has 0 N–H and O–H groups in total. The molecule has 0 radical (unpaired) electrons. The molecule has 0 atom stereocenters. The monoisotopic (exact) mass is 880 g/mol. The molecule has 10 aromatic carbocycles. The Balaban J connectivity index is 1.06. The average Bonchev–Trinajstić information content (AvgIpc) is 4.07. The molecular weight excluding hydrogens is 841 g/mol. The van der Waals surface area contributed by atoms with E-state index in [0.717, 1.165) is 88.3 Å². The summed E-state index contributed by atoms with van der Waals surface area (Å²) in [5, 5.41) is 6.85. The van der Waals surface area contributed by atoms with Crippen molar-refractivity contribution in [2.75, 3.05) is 0 Å². The molecule has 0 saturated carbocycles. The molecule has 0 saturated heterocycles. The van der Waals surface area contributed by atoms with Gasteiger partial charge in [0.25, 0.3) is 0 Å². The van der Waals surface area contributed by atoms with Gasteiger partial charge in [0, 0.05) is 54.8 Å². The first-order chi connectivity index (χ1) is 34.2. The summed E-state index contributed by atoms with van der Waals surface area (Å²) < 4.78 is 7.06. The van der Waals surface area contributed by atoms with Gasteiger partial charge in [0.1, 0.15) is 0 Å². The van der Waals surface area contributed by atoms with Gasteiger partial charge >= 0.3 is 0 Å². The van der Waals surface area contributed by atoms with Gasteiger partial charge in [0.05, 0.1) is 33.1 Å². The fourth-order valence-electron chi connectivity index (χ4n) is 10.7. The minimum atomic E-state index is 0.547. The standard InChI is InChI=1S/C63H40N6/c1-5-19-41(20-6-1)47-35-34-46(40-53(47)42-21-7-2-8-22-42)68-56-31-17-13-27-48(56)51-36-37-52-49-28-14-18-32-57(49)69(60(52)59(51)68)63-65-61(43-23-9-3-10-24-43)64-62(66-63)44-33-38-58-54(39-44)50-29-15-16-30-55(50)67(58)45-25-11-4-12-26-45/h1-40H. The van der Waals surface area contributed by atoms with Crippen LogP contribution in [0.3, 0.4) is 0 Å². The number of aromatic nitrogens is 6. The van der Waals surface area contributed by atoms with Gasteiger partial charge in [-0.3, -0.25) is 4.57 Å². The van der Waals surface area contributed by atoms with Gasteiger partial charge in [-0.05, 0) is 82.9 Å². The number of fused-ring (bicyclic) bond motifs is 10. The second-order valence-corrected chi connectivity index (χ2v) is 17.6. The first-order valence-corrected chi connectivity index (χ1v) is 23.4. The maximum atomic E-state index is 5.51. The van der Waals surface area contributed by atoms with Gasteiger partial charge in [-0.15, -0.1) is 0 Å². The van der Waals surface area contributed by atoms with Gasteiger partial charge < -0.3 is 9.13 Å². The molecular formula is C63H40N6. The third-order valence-corrected chi connectivity index (χ3v) is 13.7. The van der Waals surface area contributed by atoms with Crippen molar-refractivity contribution < 1.29 is 0 Å². The summed E-state index contributed by atoms with van der Waals surface area (Å²) in [4.78, 5) is 16.2. The van der Waals surface area contributed by atoms with E-state index in [1.54, 1.807) is 0 Å². The summed E-state index contributed by atoms with van der Waals surface area (Å²) in [5.41, 5.74) is 15.2. The highest BCUT2D eigenvalue weighted by Gasteiger charge is 2.24. The van der Waals surface area contributed by atoms with E-state index in [2.05, 4.69) is 238 Å². The van der Waals surface area contributed by atoms with Crippen LogP contribution in [-0.2, 0) is 0 Å². The summed E-state index contributed by atoms with van der Waals surface area (Å²) in [5.74, 6) is 1.75. The molecule has 4 heterocycles. The summed E-state index contributed by atoms with van der Waals surface area (Å²) in [6.45, 7) is 0. The Hall–Kier alpha value is -9.39. The van der Waals surface area contributed by atoms with Crippen molar-refractivity contribution in [1.82, 2.24) is 28.7 Å². The summed E-state index contributed by atoms with van der Waals surface area (Å²) >= 11 is 0. The number of hydrogen-bond acceptors (Lipinski definition) is 3. The molecule has 14 rings (SSSR count). The maximum absolute atomic E-state index is 5.51. The van der Waals surface area contributed by atoms with E-state index in [9.17, 15) is 0 Å². The number of nitrogens with zero attached hydrogens (tertiary/aromatic N) is 6. The van der Waals surface area contributed by atoms with Crippen LogP contribution < -0.4 is 0 Å². The van der Waals surface area contributed by atoms with Gasteiger partial charge in [0.15, 0.2) is 11.6 Å². The average molecular weight is 881 g/mol. The summed E-state index contributed by atoms with van der Waals surface area (Å²) in [6.07, 6.45) is 0. The molecule has 0 bridgehead atoms. The first-order valence-electron chi connectivity index (χ1n) is 23.4. The summed E-state index contributed by atoms with van der Waals surface area (Å²) in [7, 11) is 0. The molecule has 0 fully saturated rings. The van der Waals surface area contributed by atoms with Gasteiger partial charge in [0.2, 0.25) is 5.95 Å². The van der Waals surface area contributed by atoms with E-state index in [-0.39, 0.29) is 0 Å².